The van der Waals surface area contributed by atoms with Crippen LogP contribution < -0.4 is 5.32 Å². The quantitative estimate of drug-likeness (QED) is 0.347. The summed E-state index contributed by atoms with van der Waals surface area (Å²) in [5, 5.41) is 16.0. The fraction of sp³-hybridized carbons (Fsp3) is 0.250. The first-order valence-corrected chi connectivity index (χ1v) is 11.3. The molecule has 0 aliphatic heterocycles. The second kappa shape index (κ2) is 9.73. The average Bonchev–Trinajstić information content (AvgIpc) is 3.39. The van der Waals surface area contributed by atoms with Crippen molar-refractivity contribution < 1.29 is 9.59 Å². The zero-order chi connectivity index (χ0) is 21.1. The summed E-state index contributed by atoms with van der Waals surface area (Å²) in [6.07, 6.45) is 0. The molecule has 3 aromatic heterocycles. The largest absolute Gasteiger partial charge is 0.334 e. The molecule has 1 unspecified atom stereocenters. The van der Waals surface area contributed by atoms with Gasteiger partial charge in [0.2, 0.25) is 5.16 Å². The number of hydrogen-bond acceptors (Lipinski definition) is 10. The van der Waals surface area contributed by atoms with E-state index in [1.54, 1.807) is 6.92 Å². The van der Waals surface area contributed by atoms with Crippen LogP contribution in [0.25, 0.3) is 0 Å². The molecular weight excluding hydrogens is 526 g/mol. The highest BCUT2D eigenvalue weighted by Gasteiger charge is 2.29. The summed E-state index contributed by atoms with van der Waals surface area (Å²) in [4.78, 5) is 27.1. The van der Waals surface area contributed by atoms with Crippen molar-refractivity contribution in [2.45, 2.75) is 17.5 Å². The smallest absolute Gasteiger partial charge is 0.269 e. The molecule has 17 heteroatoms. The van der Waals surface area contributed by atoms with Gasteiger partial charge in [0.15, 0.2) is 10.3 Å². The summed E-state index contributed by atoms with van der Waals surface area (Å²) < 4.78 is 7.68. The molecule has 3 heterocycles. The van der Waals surface area contributed by atoms with Gasteiger partial charge in [-0.25, -0.2) is 0 Å². The Balaban J connectivity index is 1.80. The first kappa shape index (κ1) is 22.5. The van der Waals surface area contributed by atoms with Crippen LogP contribution in [-0.2, 0) is 0 Å². The van der Waals surface area contributed by atoms with Crippen LogP contribution in [0.2, 0.25) is 20.4 Å². The molecule has 1 atom stereocenters. The van der Waals surface area contributed by atoms with Crippen molar-refractivity contribution in [3.63, 3.8) is 0 Å². The van der Waals surface area contributed by atoms with E-state index in [0.29, 0.717) is 5.16 Å². The number of carbonyl (C=O) groups is 2. The van der Waals surface area contributed by atoms with Crippen molar-refractivity contribution in [2.75, 3.05) is 6.67 Å². The molecule has 0 aliphatic carbocycles. The van der Waals surface area contributed by atoms with Crippen molar-refractivity contribution in [2.24, 2.45) is 0 Å². The van der Waals surface area contributed by atoms with Gasteiger partial charge in [-0.2, -0.15) is 14.0 Å². The van der Waals surface area contributed by atoms with Gasteiger partial charge in [-0.1, -0.05) is 58.2 Å². The highest BCUT2D eigenvalue weighted by atomic mass is 35.5. The summed E-state index contributed by atoms with van der Waals surface area (Å²) in [6, 6.07) is 0. The Hall–Kier alpha value is -1.22. The minimum atomic E-state index is -0.539. The fourth-order valence-electron chi connectivity index (χ4n) is 1.95. The van der Waals surface area contributed by atoms with Crippen LogP contribution >= 0.6 is 81.2 Å². The third-order valence-corrected chi connectivity index (χ3v) is 7.87. The molecule has 3 rings (SSSR count). The highest BCUT2D eigenvalue weighted by molar-refractivity contribution is 7.99. The number of thioether (sulfide) groups is 1. The third-order valence-electron chi connectivity index (χ3n) is 3.31. The Kier molecular flexibility index (Phi) is 7.53. The summed E-state index contributed by atoms with van der Waals surface area (Å²) in [7, 11) is 0. The second-order valence-electron chi connectivity index (χ2n) is 5.08. The molecule has 3 aromatic rings. The van der Waals surface area contributed by atoms with Gasteiger partial charge in [-0.05, 0) is 35.2 Å². The lowest BCUT2D eigenvalue weighted by molar-refractivity contribution is 0.0721. The number of amides is 2. The topological polar surface area (TPSA) is 130 Å². The lowest BCUT2D eigenvalue weighted by Crippen LogP contribution is -2.44. The number of tetrazole rings is 1. The van der Waals surface area contributed by atoms with Crippen LogP contribution in [0.1, 0.15) is 26.3 Å². The van der Waals surface area contributed by atoms with E-state index in [9.17, 15) is 9.59 Å². The van der Waals surface area contributed by atoms with Crippen LogP contribution in [0.3, 0.4) is 0 Å². The standard InChI is InChI=1S/C12H8Cl4N8O2S3/c1-3(27-12-18-22-23-19-12)24(11(26)7-5(14)9(16)21-29-7)2-17-10(25)6-4(13)8(15)20-28-6/h3H,2H2,1H3,(H,17,25)(H,18,19,22,23). The molecular formula is C12H8Cl4N8O2S3. The van der Waals surface area contributed by atoms with E-state index in [1.165, 1.54) is 4.90 Å². The summed E-state index contributed by atoms with van der Waals surface area (Å²) in [6.45, 7) is 1.54. The number of H-pyrrole nitrogens is 1. The van der Waals surface area contributed by atoms with Crippen LogP contribution in [0, 0.1) is 0 Å². The molecule has 154 valence electrons. The SMILES string of the molecule is CC(Sc1nn[nH]n1)N(CNC(=O)c1snc(Cl)c1Cl)C(=O)c1snc(Cl)c1Cl. The first-order valence-electron chi connectivity index (χ1n) is 7.40. The van der Waals surface area contributed by atoms with Crippen LogP contribution in [0.15, 0.2) is 5.16 Å². The van der Waals surface area contributed by atoms with Gasteiger partial charge >= 0.3 is 0 Å². The minimum Gasteiger partial charge on any atom is -0.334 e. The fourth-order valence-corrected chi connectivity index (χ4v) is 5.03. The predicted molar refractivity (Wildman–Crippen MR) is 112 cm³/mol. The maximum absolute atomic E-state index is 13.0. The van der Waals surface area contributed by atoms with Crippen molar-refractivity contribution in [1.29, 1.82) is 0 Å². The highest BCUT2D eigenvalue weighted by Crippen LogP contribution is 2.32. The molecule has 0 saturated heterocycles. The minimum absolute atomic E-state index is 0.0218. The zero-order valence-electron chi connectivity index (χ0n) is 14.0. The van der Waals surface area contributed by atoms with Crippen LogP contribution in [0.5, 0.6) is 0 Å². The second-order valence-corrected chi connectivity index (χ2v) is 9.39. The van der Waals surface area contributed by atoms with Gasteiger partial charge in [0.1, 0.15) is 19.8 Å². The lowest BCUT2D eigenvalue weighted by Gasteiger charge is -2.27. The number of nitrogens with zero attached hydrogens (tertiary/aromatic N) is 6. The van der Waals surface area contributed by atoms with Gasteiger partial charge in [0.25, 0.3) is 11.8 Å². The van der Waals surface area contributed by atoms with Crippen LogP contribution in [-0.4, -0.2) is 58.1 Å². The Bertz CT molecular complexity index is 1030. The van der Waals surface area contributed by atoms with E-state index in [1.807, 2.05) is 0 Å². The third kappa shape index (κ3) is 5.10. The molecule has 2 N–H and O–H groups in total. The summed E-state index contributed by atoms with van der Waals surface area (Å²) >= 11 is 26.5. The van der Waals surface area contributed by atoms with E-state index in [4.69, 9.17) is 46.4 Å². The van der Waals surface area contributed by atoms with Crippen molar-refractivity contribution in [1.82, 2.24) is 39.6 Å². The van der Waals surface area contributed by atoms with Crippen molar-refractivity contribution in [3.8, 4) is 0 Å². The molecule has 2 amide bonds. The number of carbonyl (C=O) groups excluding carboxylic acids is 2. The maximum Gasteiger partial charge on any atom is 0.269 e. The van der Waals surface area contributed by atoms with E-state index in [-0.39, 0.29) is 36.8 Å². The number of aromatic amines is 1. The number of nitrogens with one attached hydrogen (secondary N) is 2. The van der Waals surface area contributed by atoms with Crippen LogP contribution in [0.4, 0.5) is 0 Å². The van der Waals surface area contributed by atoms with Gasteiger partial charge in [-0.15, -0.1) is 10.2 Å². The molecule has 0 aromatic carbocycles. The van der Waals surface area contributed by atoms with Gasteiger partial charge in [-0.3, -0.25) is 9.59 Å². The van der Waals surface area contributed by atoms with E-state index in [0.717, 1.165) is 34.8 Å². The normalized spacial score (nSPS) is 12.0. The van der Waals surface area contributed by atoms with E-state index < -0.39 is 17.2 Å². The number of rotatable bonds is 7. The van der Waals surface area contributed by atoms with Gasteiger partial charge in [0, 0.05) is 0 Å². The maximum atomic E-state index is 13.0. The van der Waals surface area contributed by atoms with Gasteiger partial charge in [0.05, 0.1) is 12.0 Å². The summed E-state index contributed by atoms with van der Waals surface area (Å²) in [5.41, 5.74) is 0. The number of halogens is 4. The average molecular weight is 534 g/mol. The molecule has 0 bridgehead atoms. The summed E-state index contributed by atoms with van der Waals surface area (Å²) in [5.74, 6) is -1.03. The van der Waals surface area contributed by atoms with E-state index in [2.05, 4.69) is 34.7 Å². The number of aromatic nitrogens is 6. The van der Waals surface area contributed by atoms with Crippen molar-refractivity contribution in [3.05, 3.63) is 30.1 Å². The lowest BCUT2D eigenvalue weighted by atomic mass is 10.4. The molecule has 29 heavy (non-hydrogen) atoms. The van der Waals surface area contributed by atoms with E-state index >= 15 is 0 Å². The Morgan fingerprint density at radius 1 is 1.14 bits per heavy atom. The van der Waals surface area contributed by atoms with Crippen molar-refractivity contribution >= 4 is 93.0 Å². The first-order chi connectivity index (χ1) is 13.8. The molecule has 10 nitrogen and oxygen atoms in total. The Morgan fingerprint density at radius 2 is 1.76 bits per heavy atom. The molecule has 0 fully saturated rings. The zero-order valence-corrected chi connectivity index (χ0v) is 19.5. The monoisotopic (exact) mass is 532 g/mol. The Labute approximate surface area is 195 Å². The molecule has 0 radical (unpaired) electrons. The molecule has 0 saturated carbocycles. The molecule has 0 aliphatic rings. The Morgan fingerprint density at radius 3 is 2.28 bits per heavy atom. The number of hydrogen-bond donors (Lipinski definition) is 2. The molecule has 0 spiro atoms. The predicted octanol–water partition coefficient (Wildman–Crippen LogP) is 3.69. The van der Waals surface area contributed by atoms with Gasteiger partial charge < -0.3 is 10.2 Å².